The van der Waals surface area contributed by atoms with E-state index in [1.54, 1.807) is 36.4 Å². The summed E-state index contributed by atoms with van der Waals surface area (Å²) in [6.07, 6.45) is 0.324. The number of benzene rings is 2. The molecule has 0 radical (unpaired) electrons. The summed E-state index contributed by atoms with van der Waals surface area (Å²) in [6, 6.07) is 18.1. The Labute approximate surface area is 247 Å². The van der Waals surface area contributed by atoms with Gasteiger partial charge in [-0.15, -0.1) is 0 Å². The van der Waals surface area contributed by atoms with E-state index in [9.17, 15) is 19.5 Å². The number of hydrogen-bond acceptors (Lipinski definition) is 8. The fourth-order valence-corrected chi connectivity index (χ4v) is 7.45. The number of rotatable bonds is 8. The molecule has 1 heterocycles. The van der Waals surface area contributed by atoms with E-state index in [2.05, 4.69) is 0 Å². The van der Waals surface area contributed by atoms with Crippen LogP contribution in [0.1, 0.15) is 63.4 Å². The molecule has 5 rings (SSSR count). The average Bonchev–Trinajstić information content (AvgIpc) is 3.21. The van der Waals surface area contributed by atoms with Gasteiger partial charge in [-0.05, 0) is 56.4 Å². The van der Waals surface area contributed by atoms with Crippen LogP contribution in [0.3, 0.4) is 0 Å². The zero-order chi connectivity index (χ0) is 30.3. The number of carbonyl (C=O) groups is 3. The van der Waals surface area contributed by atoms with Crippen molar-refractivity contribution in [2.24, 2.45) is 17.3 Å². The molecule has 0 aromatic heterocycles. The molecule has 8 heteroatoms. The van der Waals surface area contributed by atoms with E-state index in [1.807, 2.05) is 58.0 Å². The van der Waals surface area contributed by atoms with Gasteiger partial charge in [-0.3, -0.25) is 9.59 Å². The summed E-state index contributed by atoms with van der Waals surface area (Å²) in [4.78, 5) is 38.7. The van der Waals surface area contributed by atoms with Crippen molar-refractivity contribution in [1.29, 1.82) is 0 Å². The molecule has 8 unspecified atom stereocenters. The standard InChI is InChI=1S/C34H40O8/c1-21-28(37)29(40-22(2)35)30(41-31(38)24-14-10-7-11-15-24)33(5)27(18-25-19-34(21,33)42-32(25,3)4)39-20-26(36)17-16-23-12-8-6-9-13-23/h6-17,21,25,27-30,37H,18-20H2,1-5H3/b17-16+. The zero-order valence-corrected chi connectivity index (χ0v) is 24.8. The van der Waals surface area contributed by atoms with Crippen LogP contribution >= 0.6 is 0 Å². The van der Waals surface area contributed by atoms with E-state index >= 15 is 0 Å². The maximum absolute atomic E-state index is 13.5. The van der Waals surface area contributed by atoms with Crippen molar-refractivity contribution in [3.05, 3.63) is 77.9 Å². The Morgan fingerprint density at radius 3 is 2.29 bits per heavy atom. The highest BCUT2D eigenvalue weighted by molar-refractivity contribution is 5.94. The van der Waals surface area contributed by atoms with Crippen LogP contribution < -0.4 is 0 Å². The minimum absolute atomic E-state index is 0.0657. The highest BCUT2D eigenvalue weighted by atomic mass is 16.6. The fraction of sp³-hybridized carbons (Fsp3) is 0.500. The van der Waals surface area contributed by atoms with Crippen LogP contribution in [0, 0.1) is 17.3 Å². The quantitative estimate of drug-likeness (QED) is 0.353. The molecule has 224 valence electrons. The number of hydrogen-bond donors (Lipinski definition) is 1. The number of carbonyl (C=O) groups excluding carboxylic acids is 3. The van der Waals surface area contributed by atoms with Crippen molar-refractivity contribution in [2.45, 2.75) is 83.1 Å². The number of ether oxygens (including phenoxy) is 4. The second kappa shape index (κ2) is 11.4. The van der Waals surface area contributed by atoms with Gasteiger partial charge in [0.15, 0.2) is 18.0 Å². The maximum atomic E-state index is 13.5. The number of aliphatic hydroxyl groups excluding tert-OH is 1. The summed E-state index contributed by atoms with van der Waals surface area (Å²) >= 11 is 0. The summed E-state index contributed by atoms with van der Waals surface area (Å²) in [5.74, 6) is -1.87. The molecule has 2 bridgehead atoms. The second-order valence-corrected chi connectivity index (χ2v) is 12.6. The van der Waals surface area contributed by atoms with E-state index < -0.39 is 58.9 Å². The molecule has 1 spiro atoms. The van der Waals surface area contributed by atoms with Crippen LogP contribution in [0.5, 0.6) is 0 Å². The Bertz CT molecular complexity index is 1340. The van der Waals surface area contributed by atoms with Gasteiger partial charge in [0.1, 0.15) is 6.61 Å². The Hall–Kier alpha value is -3.33. The Balaban J connectivity index is 1.52. The summed E-state index contributed by atoms with van der Waals surface area (Å²) in [6.45, 7) is 8.90. The monoisotopic (exact) mass is 576 g/mol. The van der Waals surface area contributed by atoms with Gasteiger partial charge in [0.25, 0.3) is 0 Å². The molecular formula is C34H40O8. The van der Waals surface area contributed by atoms with Crippen LogP contribution in [0.2, 0.25) is 0 Å². The van der Waals surface area contributed by atoms with E-state index in [0.29, 0.717) is 18.4 Å². The van der Waals surface area contributed by atoms with Crippen LogP contribution in [-0.4, -0.2) is 65.1 Å². The summed E-state index contributed by atoms with van der Waals surface area (Å²) in [7, 11) is 0. The van der Waals surface area contributed by atoms with Crippen molar-refractivity contribution in [1.82, 2.24) is 0 Å². The molecule has 3 aliphatic rings. The van der Waals surface area contributed by atoms with Gasteiger partial charge in [0, 0.05) is 12.8 Å². The first-order chi connectivity index (χ1) is 19.9. The maximum Gasteiger partial charge on any atom is 0.338 e. The van der Waals surface area contributed by atoms with Gasteiger partial charge in [-0.2, -0.15) is 0 Å². The molecule has 8 atom stereocenters. The van der Waals surface area contributed by atoms with E-state index in [4.69, 9.17) is 18.9 Å². The lowest BCUT2D eigenvalue weighted by Gasteiger charge is -2.62. The molecule has 0 amide bonds. The predicted octanol–water partition coefficient (Wildman–Crippen LogP) is 4.79. The molecule has 8 nitrogen and oxygen atoms in total. The summed E-state index contributed by atoms with van der Waals surface area (Å²) in [5.41, 5.74) is -1.40. The van der Waals surface area contributed by atoms with Crippen molar-refractivity contribution in [3.63, 3.8) is 0 Å². The molecule has 1 aliphatic heterocycles. The zero-order valence-electron chi connectivity index (χ0n) is 24.8. The first-order valence-electron chi connectivity index (χ1n) is 14.6. The number of fused-ring (bicyclic) bond motifs is 1. The first kappa shape index (κ1) is 30.1. The topological polar surface area (TPSA) is 108 Å². The Kier molecular flexibility index (Phi) is 8.18. The Morgan fingerprint density at radius 2 is 1.64 bits per heavy atom. The smallest absolute Gasteiger partial charge is 0.338 e. The van der Waals surface area contributed by atoms with Gasteiger partial charge in [0.05, 0.1) is 34.4 Å². The third kappa shape index (κ3) is 5.21. The van der Waals surface area contributed by atoms with Gasteiger partial charge < -0.3 is 24.1 Å². The van der Waals surface area contributed by atoms with Gasteiger partial charge in [0.2, 0.25) is 0 Å². The third-order valence-electron chi connectivity index (χ3n) is 9.76. The first-order valence-corrected chi connectivity index (χ1v) is 14.6. The van der Waals surface area contributed by atoms with Crippen molar-refractivity contribution in [2.75, 3.05) is 6.61 Å². The molecule has 2 aliphatic carbocycles. The van der Waals surface area contributed by atoms with E-state index in [1.165, 1.54) is 13.0 Å². The van der Waals surface area contributed by atoms with Crippen LogP contribution in [0.25, 0.3) is 6.08 Å². The molecule has 1 saturated heterocycles. The fourth-order valence-electron chi connectivity index (χ4n) is 7.45. The molecule has 2 aromatic carbocycles. The normalized spacial score (nSPS) is 34.9. The lowest BCUT2D eigenvalue weighted by molar-refractivity contribution is -0.307. The predicted molar refractivity (Wildman–Crippen MR) is 155 cm³/mol. The SMILES string of the molecule is CC(=O)OC1C(O)C(C)C23CC(CC(OCC(=O)/C=C/c4ccccc4)C2(C)C1OC(=O)c1ccccc1)C(C)(C)O3. The van der Waals surface area contributed by atoms with Crippen LogP contribution in [-0.2, 0) is 28.5 Å². The molecule has 2 saturated carbocycles. The minimum Gasteiger partial charge on any atom is -0.456 e. The van der Waals surface area contributed by atoms with Gasteiger partial charge >= 0.3 is 11.9 Å². The molecule has 2 aromatic rings. The third-order valence-corrected chi connectivity index (χ3v) is 9.76. The lowest BCUT2D eigenvalue weighted by atomic mass is 9.49. The van der Waals surface area contributed by atoms with E-state index in [-0.39, 0.29) is 18.3 Å². The summed E-state index contributed by atoms with van der Waals surface area (Å²) in [5, 5.41) is 11.6. The Morgan fingerprint density at radius 1 is 1.00 bits per heavy atom. The van der Waals surface area contributed by atoms with Crippen LogP contribution in [0.15, 0.2) is 66.7 Å². The van der Waals surface area contributed by atoms with Crippen molar-refractivity contribution in [3.8, 4) is 0 Å². The molecule has 1 N–H and O–H groups in total. The molecular weight excluding hydrogens is 536 g/mol. The molecule has 3 fully saturated rings. The highest BCUT2D eigenvalue weighted by Crippen LogP contribution is 2.67. The largest absolute Gasteiger partial charge is 0.456 e. The lowest BCUT2D eigenvalue weighted by Crippen LogP contribution is -2.75. The van der Waals surface area contributed by atoms with Gasteiger partial charge in [-0.25, -0.2) is 4.79 Å². The average molecular weight is 577 g/mol. The second-order valence-electron chi connectivity index (χ2n) is 12.6. The summed E-state index contributed by atoms with van der Waals surface area (Å²) < 4.78 is 25.2. The van der Waals surface area contributed by atoms with Crippen molar-refractivity contribution < 1.29 is 38.4 Å². The number of esters is 2. The number of aliphatic hydroxyl groups is 1. The number of ketones is 1. The van der Waals surface area contributed by atoms with Crippen molar-refractivity contribution >= 4 is 23.8 Å². The molecule has 42 heavy (non-hydrogen) atoms. The van der Waals surface area contributed by atoms with Crippen LogP contribution in [0.4, 0.5) is 0 Å². The minimum atomic E-state index is -1.17. The van der Waals surface area contributed by atoms with Gasteiger partial charge in [-0.1, -0.05) is 68.5 Å². The van der Waals surface area contributed by atoms with E-state index in [0.717, 1.165) is 5.56 Å². The highest BCUT2D eigenvalue weighted by Gasteiger charge is 2.76.